The first-order chi connectivity index (χ1) is 7.79. The van der Waals surface area contributed by atoms with Crippen LogP contribution in [0.4, 0.5) is 4.79 Å². The van der Waals surface area contributed by atoms with Crippen molar-refractivity contribution in [2.75, 3.05) is 0 Å². The van der Waals surface area contributed by atoms with Crippen LogP contribution >= 0.6 is 0 Å². The standard InChI is InChI=1S/C13H19NO3/c1-8-11(15)7-10(9-5-6-9)14(8)12(16)17-13(2,3)4/h7-9H,5-6H2,1-4H3/t8-/m0/s1. The summed E-state index contributed by atoms with van der Waals surface area (Å²) < 4.78 is 5.34. The van der Waals surface area contributed by atoms with E-state index in [-0.39, 0.29) is 5.78 Å². The highest BCUT2D eigenvalue weighted by Gasteiger charge is 2.42. The molecule has 0 bridgehead atoms. The van der Waals surface area contributed by atoms with Crippen molar-refractivity contribution >= 4 is 11.9 Å². The third-order valence-electron chi connectivity index (χ3n) is 2.95. The van der Waals surface area contributed by atoms with E-state index in [9.17, 15) is 9.59 Å². The number of amides is 1. The second-order valence-corrected chi connectivity index (χ2v) is 5.77. The van der Waals surface area contributed by atoms with Crippen molar-refractivity contribution in [3.63, 3.8) is 0 Å². The first kappa shape index (κ1) is 12.1. The van der Waals surface area contributed by atoms with E-state index in [1.807, 2.05) is 20.8 Å². The van der Waals surface area contributed by atoms with Crippen LogP contribution in [0.3, 0.4) is 0 Å². The smallest absolute Gasteiger partial charge is 0.415 e. The van der Waals surface area contributed by atoms with Crippen molar-refractivity contribution in [2.45, 2.75) is 52.2 Å². The molecule has 0 unspecified atom stereocenters. The van der Waals surface area contributed by atoms with Gasteiger partial charge in [0, 0.05) is 11.8 Å². The second kappa shape index (κ2) is 3.86. The Hall–Kier alpha value is -1.32. The van der Waals surface area contributed by atoms with E-state index in [1.54, 1.807) is 13.0 Å². The van der Waals surface area contributed by atoms with Gasteiger partial charge in [0.25, 0.3) is 0 Å². The third kappa shape index (κ3) is 2.51. The number of allylic oxidation sites excluding steroid dienone is 1. The van der Waals surface area contributed by atoms with E-state index in [1.165, 1.54) is 4.90 Å². The quantitative estimate of drug-likeness (QED) is 0.704. The van der Waals surface area contributed by atoms with Crippen LogP contribution in [-0.4, -0.2) is 28.4 Å². The van der Waals surface area contributed by atoms with Gasteiger partial charge in [-0.3, -0.25) is 9.69 Å². The number of ether oxygens (including phenoxy) is 1. The second-order valence-electron chi connectivity index (χ2n) is 5.77. The first-order valence-corrected chi connectivity index (χ1v) is 6.07. The molecule has 0 radical (unpaired) electrons. The summed E-state index contributed by atoms with van der Waals surface area (Å²) in [4.78, 5) is 25.3. The Labute approximate surface area is 102 Å². The van der Waals surface area contributed by atoms with E-state index in [4.69, 9.17) is 4.74 Å². The molecule has 1 heterocycles. The molecule has 1 aliphatic heterocycles. The van der Waals surface area contributed by atoms with Crippen molar-refractivity contribution < 1.29 is 14.3 Å². The lowest BCUT2D eigenvalue weighted by atomic mass is 10.2. The summed E-state index contributed by atoms with van der Waals surface area (Å²) >= 11 is 0. The van der Waals surface area contributed by atoms with Gasteiger partial charge in [-0.05, 0) is 46.5 Å². The molecule has 2 aliphatic rings. The molecule has 0 spiro atoms. The van der Waals surface area contributed by atoms with Gasteiger partial charge < -0.3 is 4.74 Å². The van der Waals surface area contributed by atoms with Gasteiger partial charge in [0.2, 0.25) is 0 Å². The minimum atomic E-state index is -0.531. The number of carbonyl (C=O) groups is 2. The summed E-state index contributed by atoms with van der Waals surface area (Å²) in [6.07, 6.45) is 3.32. The van der Waals surface area contributed by atoms with Gasteiger partial charge in [-0.15, -0.1) is 0 Å². The first-order valence-electron chi connectivity index (χ1n) is 6.07. The molecule has 0 aromatic rings. The fraction of sp³-hybridized carbons (Fsp3) is 0.692. The highest BCUT2D eigenvalue weighted by molar-refractivity contribution is 6.00. The van der Waals surface area contributed by atoms with Crippen LogP contribution in [-0.2, 0) is 9.53 Å². The fourth-order valence-electron chi connectivity index (χ4n) is 1.96. The summed E-state index contributed by atoms with van der Waals surface area (Å²) in [5.74, 6) is 0.370. The number of rotatable bonds is 1. The van der Waals surface area contributed by atoms with Gasteiger partial charge in [0.15, 0.2) is 5.78 Å². The minimum absolute atomic E-state index is 0.00207. The van der Waals surface area contributed by atoms with E-state index in [0.717, 1.165) is 18.5 Å². The molecule has 1 fully saturated rings. The number of hydrogen-bond acceptors (Lipinski definition) is 3. The average molecular weight is 237 g/mol. The summed E-state index contributed by atoms with van der Waals surface area (Å²) in [6, 6.07) is -0.416. The van der Waals surface area contributed by atoms with Crippen LogP contribution in [0.25, 0.3) is 0 Å². The molecule has 1 saturated carbocycles. The number of nitrogens with zero attached hydrogens (tertiary/aromatic N) is 1. The lowest BCUT2D eigenvalue weighted by Gasteiger charge is -2.28. The van der Waals surface area contributed by atoms with E-state index < -0.39 is 17.7 Å². The largest absolute Gasteiger partial charge is 0.443 e. The van der Waals surface area contributed by atoms with Crippen LogP contribution < -0.4 is 0 Å². The number of hydrogen-bond donors (Lipinski definition) is 0. The van der Waals surface area contributed by atoms with Crippen molar-refractivity contribution in [2.24, 2.45) is 5.92 Å². The Bertz CT molecular complexity index is 388. The summed E-state index contributed by atoms with van der Waals surface area (Å²) in [6.45, 7) is 7.23. The van der Waals surface area contributed by atoms with Crippen LogP contribution in [0.5, 0.6) is 0 Å². The van der Waals surface area contributed by atoms with E-state index in [2.05, 4.69) is 0 Å². The Balaban J connectivity index is 2.15. The Kier molecular flexibility index (Phi) is 2.76. The Morgan fingerprint density at radius 2 is 2.00 bits per heavy atom. The van der Waals surface area contributed by atoms with Gasteiger partial charge in [0.1, 0.15) is 5.60 Å². The molecule has 2 rings (SSSR count). The van der Waals surface area contributed by atoms with E-state index in [0.29, 0.717) is 5.92 Å². The number of ketones is 1. The normalized spacial score (nSPS) is 24.9. The third-order valence-corrected chi connectivity index (χ3v) is 2.95. The van der Waals surface area contributed by atoms with Crippen molar-refractivity contribution in [3.05, 3.63) is 11.8 Å². The topological polar surface area (TPSA) is 46.6 Å². The molecular weight excluding hydrogens is 218 g/mol. The lowest BCUT2D eigenvalue weighted by Crippen LogP contribution is -2.41. The summed E-state index contributed by atoms with van der Waals surface area (Å²) in [7, 11) is 0. The molecule has 1 amide bonds. The summed E-state index contributed by atoms with van der Waals surface area (Å²) in [5.41, 5.74) is 0.314. The molecular formula is C13H19NO3. The summed E-state index contributed by atoms with van der Waals surface area (Å²) in [5, 5.41) is 0. The van der Waals surface area contributed by atoms with Gasteiger partial charge in [0.05, 0.1) is 6.04 Å². The lowest BCUT2D eigenvalue weighted by molar-refractivity contribution is -0.117. The molecule has 1 atom stereocenters. The van der Waals surface area contributed by atoms with Crippen LogP contribution in [0.2, 0.25) is 0 Å². The van der Waals surface area contributed by atoms with Gasteiger partial charge in [-0.2, -0.15) is 0 Å². The molecule has 0 aromatic heterocycles. The zero-order valence-electron chi connectivity index (χ0n) is 10.8. The van der Waals surface area contributed by atoms with Gasteiger partial charge >= 0.3 is 6.09 Å². The van der Waals surface area contributed by atoms with Crippen molar-refractivity contribution in [1.29, 1.82) is 0 Å². The SMILES string of the molecule is C[C@H]1C(=O)C=C(C2CC2)N1C(=O)OC(C)(C)C. The molecule has 0 aromatic carbocycles. The molecule has 4 heteroatoms. The number of carbonyl (C=O) groups excluding carboxylic acids is 2. The Morgan fingerprint density at radius 1 is 1.41 bits per heavy atom. The maximum absolute atomic E-state index is 12.1. The highest BCUT2D eigenvalue weighted by atomic mass is 16.6. The maximum Gasteiger partial charge on any atom is 0.415 e. The highest BCUT2D eigenvalue weighted by Crippen LogP contribution is 2.41. The molecule has 17 heavy (non-hydrogen) atoms. The maximum atomic E-state index is 12.1. The molecule has 4 nitrogen and oxygen atoms in total. The zero-order chi connectivity index (χ0) is 12.8. The van der Waals surface area contributed by atoms with Gasteiger partial charge in [-0.1, -0.05) is 0 Å². The Morgan fingerprint density at radius 3 is 2.47 bits per heavy atom. The van der Waals surface area contributed by atoms with Crippen LogP contribution in [0, 0.1) is 5.92 Å². The zero-order valence-corrected chi connectivity index (χ0v) is 10.8. The van der Waals surface area contributed by atoms with Crippen LogP contribution in [0.15, 0.2) is 11.8 Å². The average Bonchev–Trinajstić information content (AvgIpc) is 2.92. The van der Waals surface area contributed by atoms with Gasteiger partial charge in [-0.25, -0.2) is 4.79 Å². The van der Waals surface area contributed by atoms with E-state index >= 15 is 0 Å². The molecule has 0 saturated heterocycles. The predicted molar refractivity (Wildman–Crippen MR) is 63.3 cm³/mol. The molecule has 0 N–H and O–H groups in total. The predicted octanol–water partition coefficient (Wildman–Crippen LogP) is 2.49. The van der Waals surface area contributed by atoms with Crippen molar-refractivity contribution in [1.82, 2.24) is 4.90 Å². The minimum Gasteiger partial charge on any atom is -0.443 e. The van der Waals surface area contributed by atoms with Crippen LogP contribution in [0.1, 0.15) is 40.5 Å². The molecule has 94 valence electrons. The monoisotopic (exact) mass is 237 g/mol. The molecule has 1 aliphatic carbocycles. The van der Waals surface area contributed by atoms with Crippen molar-refractivity contribution in [3.8, 4) is 0 Å². The fourth-order valence-corrected chi connectivity index (χ4v) is 1.96.